The van der Waals surface area contributed by atoms with Crippen molar-refractivity contribution in [1.29, 1.82) is 0 Å². The van der Waals surface area contributed by atoms with Crippen molar-refractivity contribution in [2.75, 3.05) is 19.6 Å². The van der Waals surface area contributed by atoms with Gasteiger partial charge in [0, 0.05) is 25.0 Å². The van der Waals surface area contributed by atoms with Crippen LogP contribution in [0.5, 0.6) is 0 Å². The van der Waals surface area contributed by atoms with Crippen LogP contribution in [-0.4, -0.2) is 42.2 Å². The average Bonchev–Trinajstić information content (AvgIpc) is 2.71. The fourth-order valence-corrected chi connectivity index (χ4v) is 3.14. The molecule has 0 radical (unpaired) electrons. The Labute approximate surface area is 105 Å². The second kappa shape index (κ2) is 4.40. The molecule has 0 aliphatic carbocycles. The number of hydrogen-bond donors (Lipinski definition) is 1. The second-order valence-corrected chi connectivity index (χ2v) is 5.86. The van der Waals surface area contributed by atoms with Crippen LogP contribution in [0.25, 0.3) is 0 Å². The predicted octanol–water partition coefficient (Wildman–Crippen LogP) is 1.79. The van der Waals surface area contributed by atoms with Crippen LogP contribution in [0.2, 0.25) is 0 Å². The van der Waals surface area contributed by atoms with Gasteiger partial charge in [0.05, 0.1) is 5.92 Å². The van der Waals surface area contributed by atoms with E-state index in [2.05, 4.69) is 5.32 Å². The monoisotopic (exact) mass is 264 g/mol. The van der Waals surface area contributed by atoms with Crippen LogP contribution in [0, 0.1) is 11.8 Å². The summed E-state index contributed by atoms with van der Waals surface area (Å²) in [7, 11) is 0. The number of amides is 1. The number of halogens is 3. The smallest absolute Gasteiger partial charge is 0.356 e. The summed E-state index contributed by atoms with van der Waals surface area (Å²) in [5.74, 6) is -1.12. The summed E-state index contributed by atoms with van der Waals surface area (Å²) in [5, 5.41) is 2.72. The van der Waals surface area contributed by atoms with Gasteiger partial charge in [0.2, 0.25) is 5.91 Å². The van der Waals surface area contributed by atoms with E-state index in [0.29, 0.717) is 26.1 Å². The SMILES string of the molecule is CC1(C)C(C(F)(F)F)CCN1CC1CNC(=O)C1. The first kappa shape index (κ1) is 13.6. The van der Waals surface area contributed by atoms with Gasteiger partial charge < -0.3 is 5.32 Å². The largest absolute Gasteiger partial charge is 0.393 e. The van der Waals surface area contributed by atoms with E-state index in [0.717, 1.165) is 0 Å². The Kier molecular flexibility index (Phi) is 3.34. The highest BCUT2D eigenvalue weighted by molar-refractivity contribution is 5.78. The predicted molar refractivity (Wildman–Crippen MR) is 60.9 cm³/mol. The lowest BCUT2D eigenvalue weighted by Gasteiger charge is -2.37. The number of nitrogens with one attached hydrogen (secondary N) is 1. The van der Waals surface area contributed by atoms with Crippen molar-refractivity contribution in [2.24, 2.45) is 11.8 Å². The van der Waals surface area contributed by atoms with Crippen LogP contribution in [0.15, 0.2) is 0 Å². The maximum atomic E-state index is 12.9. The van der Waals surface area contributed by atoms with Crippen molar-refractivity contribution in [3.63, 3.8) is 0 Å². The maximum absolute atomic E-state index is 12.9. The van der Waals surface area contributed by atoms with E-state index in [1.165, 1.54) is 0 Å². The van der Waals surface area contributed by atoms with Gasteiger partial charge in [-0.2, -0.15) is 13.2 Å². The van der Waals surface area contributed by atoms with E-state index in [9.17, 15) is 18.0 Å². The van der Waals surface area contributed by atoms with Gasteiger partial charge in [0.25, 0.3) is 0 Å². The summed E-state index contributed by atoms with van der Waals surface area (Å²) >= 11 is 0. The van der Waals surface area contributed by atoms with E-state index >= 15 is 0 Å². The number of likely N-dealkylation sites (tertiary alicyclic amines) is 1. The third kappa shape index (κ3) is 2.48. The van der Waals surface area contributed by atoms with Gasteiger partial charge in [0.1, 0.15) is 0 Å². The molecule has 0 aromatic carbocycles. The zero-order valence-electron chi connectivity index (χ0n) is 10.7. The molecule has 2 aliphatic heterocycles. The van der Waals surface area contributed by atoms with Crippen LogP contribution in [-0.2, 0) is 4.79 Å². The zero-order chi connectivity index (χ0) is 13.6. The molecule has 0 spiro atoms. The Morgan fingerprint density at radius 3 is 2.56 bits per heavy atom. The van der Waals surface area contributed by atoms with Crippen LogP contribution in [0.3, 0.4) is 0 Å². The molecular formula is C12H19F3N2O. The third-order valence-corrected chi connectivity index (χ3v) is 4.29. The molecule has 0 aromatic rings. The number of alkyl halides is 3. The number of carbonyl (C=O) groups excluding carboxylic acids is 1. The minimum Gasteiger partial charge on any atom is -0.356 e. The Hall–Kier alpha value is -0.780. The number of hydrogen-bond acceptors (Lipinski definition) is 2. The molecule has 2 rings (SSSR count). The Balaban J connectivity index is 2.01. The molecule has 2 aliphatic rings. The molecule has 3 nitrogen and oxygen atoms in total. The fourth-order valence-electron chi connectivity index (χ4n) is 3.14. The first-order chi connectivity index (χ1) is 8.21. The number of carbonyl (C=O) groups is 1. The van der Waals surface area contributed by atoms with E-state index < -0.39 is 17.6 Å². The van der Waals surface area contributed by atoms with Crippen molar-refractivity contribution in [2.45, 2.75) is 38.4 Å². The minimum absolute atomic E-state index is 0.00405. The fraction of sp³-hybridized carbons (Fsp3) is 0.917. The van der Waals surface area contributed by atoms with E-state index in [-0.39, 0.29) is 18.2 Å². The maximum Gasteiger partial charge on any atom is 0.393 e. The van der Waals surface area contributed by atoms with Crippen molar-refractivity contribution < 1.29 is 18.0 Å². The lowest BCUT2D eigenvalue weighted by molar-refractivity contribution is -0.191. The van der Waals surface area contributed by atoms with Gasteiger partial charge in [-0.1, -0.05) is 0 Å². The molecule has 6 heteroatoms. The van der Waals surface area contributed by atoms with E-state index in [4.69, 9.17) is 0 Å². The second-order valence-electron chi connectivity index (χ2n) is 5.86. The lowest BCUT2D eigenvalue weighted by Crippen LogP contribution is -2.48. The van der Waals surface area contributed by atoms with Gasteiger partial charge >= 0.3 is 6.18 Å². The molecule has 104 valence electrons. The zero-order valence-corrected chi connectivity index (χ0v) is 10.7. The molecule has 0 bridgehead atoms. The first-order valence-electron chi connectivity index (χ1n) is 6.29. The number of rotatable bonds is 2. The molecule has 2 atom stereocenters. The van der Waals surface area contributed by atoms with Gasteiger partial charge in [-0.05, 0) is 32.7 Å². The van der Waals surface area contributed by atoms with Gasteiger partial charge in [-0.25, -0.2) is 0 Å². The molecule has 0 aromatic heterocycles. The Morgan fingerprint density at radius 1 is 1.44 bits per heavy atom. The summed E-state index contributed by atoms with van der Waals surface area (Å²) in [6.07, 6.45) is -3.55. The lowest BCUT2D eigenvalue weighted by atomic mass is 9.87. The molecule has 1 amide bonds. The molecule has 2 fully saturated rings. The van der Waals surface area contributed by atoms with Gasteiger partial charge in [0.15, 0.2) is 0 Å². The highest BCUT2D eigenvalue weighted by Gasteiger charge is 2.55. The topological polar surface area (TPSA) is 32.3 Å². The molecule has 2 unspecified atom stereocenters. The van der Waals surface area contributed by atoms with Crippen LogP contribution in [0.4, 0.5) is 13.2 Å². The van der Waals surface area contributed by atoms with Crippen molar-refractivity contribution >= 4 is 5.91 Å². The van der Waals surface area contributed by atoms with Crippen LogP contribution < -0.4 is 5.32 Å². The minimum atomic E-state index is -4.14. The third-order valence-electron chi connectivity index (χ3n) is 4.29. The van der Waals surface area contributed by atoms with Crippen molar-refractivity contribution in [3.05, 3.63) is 0 Å². The Morgan fingerprint density at radius 2 is 2.11 bits per heavy atom. The van der Waals surface area contributed by atoms with E-state index in [1.807, 2.05) is 4.90 Å². The van der Waals surface area contributed by atoms with Crippen molar-refractivity contribution in [3.8, 4) is 0 Å². The molecule has 2 heterocycles. The van der Waals surface area contributed by atoms with Gasteiger partial charge in [-0.15, -0.1) is 0 Å². The number of nitrogens with zero attached hydrogens (tertiary/aromatic N) is 1. The highest BCUT2D eigenvalue weighted by atomic mass is 19.4. The summed E-state index contributed by atoms with van der Waals surface area (Å²) in [6.45, 7) is 4.92. The summed E-state index contributed by atoms with van der Waals surface area (Å²) < 4.78 is 38.7. The van der Waals surface area contributed by atoms with Crippen molar-refractivity contribution in [1.82, 2.24) is 10.2 Å². The summed E-state index contributed by atoms with van der Waals surface area (Å²) in [5.41, 5.74) is -0.871. The normalized spacial score (nSPS) is 32.8. The molecular weight excluding hydrogens is 245 g/mol. The Bertz CT molecular complexity index is 341. The standard InChI is InChI=1S/C12H19F3N2O/c1-11(2)9(12(13,14)15)3-4-17(11)7-8-5-10(18)16-6-8/h8-9H,3-7H2,1-2H3,(H,16,18). The van der Waals surface area contributed by atoms with Crippen LogP contribution >= 0.6 is 0 Å². The van der Waals surface area contributed by atoms with E-state index in [1.54, 1.807) is 13.8 Å². The highest BCUT2D eigenvalue weighted by Crippen LogP contribution is 2.44. The summed E-state index contributed by atoms with van der Waals surface area (Å²) in [4.78, 5) is 13.0. The molecule has 18 heavy (non-hydrogen) atoms. The van der Waals surface area contributed by atoms with Gasteiger partial charge in [-0.3, -0.25) is 9.69 Å². The first-order valence-corrected chi connectivity index (χ1v) is 6.29. The quantitative estimate of drug-likeness (QED) is 0.824. The molecule has 1 N–H and O–H groups in total. The van der Waals surface area contributed by atoms with Crippen LogP contribution in [0.1, 0.15) is 26.7 Å². The summed E-state index contributed by atoms with van der Waals surface area (Å²) in [6, 6.07) is 0. The molecule has 2 saturated heterocycles. The molecule has 0 saturated carbocycles. The average molecular weight is 264 g/mol.